The second-order valence-electron chi connectivity index (χ2n) is 6.77. The molecule has 3 rings (SSSR count). The predicted octanol–water partition coefficient (Wildman–Crippen LogP) is 1.58. The number of nitrogens with zero attached hydrogens (tertiary/aromatic N) is 6. The van der Waals surface area contributed by atoms with Crippen molar-refractivity contribution >= 4 is 17.6 Å². The molecule has 2 N–H and O–H groups in total. The molecule has 10 nitrogen and oxygen atoms in total. The molecule has 3 aromatic heterocycles. The van der Waals surface area contributed by atoms with Crippen LogP contribution in [0.3, 0.4) is 0 Å². The lowest BCUT2D eigenvalue weighted by molar-refractivity contribution is 0.0680. The van der Waals surface area contributed by atoms with E-state index >= 15 is 0 Å². The SMILES string of the molecule is Cc1nn(C)c(C)c1Cn1nc(C)c(NC(=O)c2cnn(C)c2C(=O)O)c1C. The number of nitrogens with one attached hydrogen (secondary N) is 1. The van der Waals surface area contributed by atoms with Crippen LogP contribution in [0.2, 0.25) is 0 Å². The van der Waals surface area contributed by atoms with Crippen LogP contribution in [0.1, 0.15) is 49.2 Å². The number of aryl methyl sites for hydroxylation is 4. The van der Waals surface area contributed by atoms with Crippen molar-refractivity contribution in [2.45, 2.75) is 34.2 Å². The second-order valence-corrected chi connectivity index (χ2v) is 6.77. The lowest BCUT2D eigenvalue weighted by Gasteiger charge is -2.08. The van der Waals surface area contributed by atoms with Crippen molar-refractivity contribution in [2.75, 3.05) is 5.32 Å². The molecular weight excluding hydrogens is 362 g/mol. The first kappa shape index (κ1) is 19.3. The first-order chi connectivity index (χ1) is 13.1. The summed E-state index contributed by atoms with van der Waals surface area (Å²) >= 11 is 0. The molecule has 0 radical (unpaired) electrons. The van der Waals surface area contributed by atoms with Crippen molar-refractivity contribution < 1.29 is 14.7 Å². The van der Waals surface area contributed by atoms with E-state index in [1.807, 2.05) is 37.2 Å². The van der Waals surface area contributed by atoms with Crippen molar-refractivity contribution in [3.05, 3.63) is 45.8 Å². The van der Waals surface area contributed by atoms with E-state index in [-0.39, 0.29) is 11.3 Å². The minimum atomic E-state index is -1.21. The monoisotopic (exact) mass is 385 g/mol. The van der Waals surface area contributed by atoms with Crippen LogP contribution >= 0.6 is 0 Å². The van der Waals surface area contributed by atoms with Gasteiger partial charge >= 0.3 is 5.97 Å². The summed E-state index contributed by atoms with van der Waals surface area (Å²) in [6.07, 6.45) is 1.25. The third-order valence-corrected chi connectivity index (χ3v) is 4.97. The van der Waals surface area contributed by atoms with Gasteiger partial charge in [0.15, 0.2) is 5.69 Å². The number of rotatable bonds is 5. The van der Waals surface area contributed by atoms with Crippen molar-refractivity contribution in [1.29, 1.82) is 0 Å². The minimum Gasteiger partial charge on any atom is -0.477 e. The summed E-state index contributed by atoms with van der Waals surface area (Å²) in [5.41, 5.74) is 4.87. The molecule has 148 valence electrons. The Kier molecular flexibility index (Phi) is 4.80. The summed E-state index contributed by atoms with van der Waals surface area (Å²) in [5.74, 6) is -1.75. The van der Waals surface area contributed by atoms with Crippen molar-refractivity contribution in [3.8, 4) is 0 Å². The molecule has 3 heterocycles. The normalized spacial score (nSPS) is 11.1. The zero-order valence-corrected chi connectivity index (χ0v) is 16.7. The number of carbonyl (C=O) groups excluding carboxylic acids is 1. The number of amides is 1. The van der Waals surface area contributed by atoms with E-state index in [4.69, 9.17) is 0 Å². The molecule has 0 saturated carbocycles. The molecule has 0 aliphatic carbocycles. The summed E-state index contributed by atoms with van der Waals surface area (Å²) in [6.45, 7) is 8.13. The Labute approximate surface area is 161 Å². The number of carboxylic acids is 1. The molecule has 10 heteroatoms. The highest BCUT2D eigenvalue weighted by molar-refractivity contribution is 6.10. The highest BCUT2D eigenvalue weighted by Gasteiger charge is 2.24. The van der Waals surface area contributed by atoms with Crippen LogP contribution in [0.15, 0.2) is 6.20 Å². The number of hydrogen-bond donors (Lipinski definition) is 2. The molecule has 0 aliphatic rings. The Balaban J connectivity index is 1.90. The van der Waals surface area contributed by atoms with Gasteiger partial charge < -0.3 is 10.4 Å². The summed E-state index contributed by atoms with van der Waals surface area (Å²) in [6, 6.07) is 0. The van der Waals surface area contributed by atoms with Gasteiger partial charge in [0.2, 0.25) is 0 Å². The Morgan fingerprint density at radius 3 is 2.29 bits per heavy atom. The smallest absolute Gasteiger partial charge is 0.354 e. The van der Waals surface area contributed by atoms with Gasteiger partial charge in [0.25, 0.3) is 5.91 Å². The maximum atomic E-state index is 12.7. The molecule has 0 bridgehead atoms. The van der Waals surface area contributed by atoms with Gasteiger partial charge in [0, 0.05) is 25.4 Å². The third-order valence-electron chi connectivity index (χ3n) is 4.97. The standard InChI is InChI=1S/C18H23N7O3/c1-9-14(11(3)23(5)21-9)8-25-12(4)15(10(2)22-25)20-17(26)13-7-19-24(6)16(13)18(27)28/h7H,8H2,1-6H3,(H,20,26)(H,27,28). The lowest BCUT2D eigenvalue weighted by atomic mass is 10.2. The Hall–Kier alpha value is -3.43. The quantitative estimate of drug-likeness (QED) is 0.688. The number of carboxylic acid groups (broad SMARTS) is 1. The van der Waals surface area contributed by atoms with E-state index in [0.717, 1.165) is 27.3 Å². The van der Waals surface area contributed by atoms with Crippen LogP contribution in [0.5, 0.6) is 0 Å². The number of carbonyl (C=O) groups is 2. The molecule has 28 heavy (non-hydrogen) atoms. The van der Waals surface area contributed by atoms with Crippen molar-refractivity contribution in [2.24, 2.45) is 14.1 Å². The number of hydrogen-bond acceptors (Lipinski definition) is 5. The number of aromatic carboxylic acids is 1. The predicted molar refractivity (Wildman–Crippen MR) is 102 cm³/mol. The van der Waals surface area contributed by atoms with Crippen LogP contribution in [-0.4, -0.2) is 46.3 Å². The molecule has 0 saturated heterocycles. The van der Waals surface area contributed by atoms with Crippen LogP contribution < -0.4 is 5.32 Å². The lowest BCUT2D eigenvalue weighted by Crippen LogP contribution is -2.18. The Morgan fingerprint density at radius 2 is 1.71 bits per heavy atom. The molecular formula is C18H23N7O3. The van der Waals surface area contributed by atoms with Crippen molar-refractivity contribution in [1.82, 2.24) is 29.3 Å². The van der Waals surface area contributed by atoms with E-state index in [1.54, 1.807) is 6.92 Å². The zero-order valence-electron chi connectivity index (χ0n) is 16.7. The summed E-state index contributed by atoms with van der Waals surface area (Å²) in [4.78, 5) is 24.1. The number of anilines is 1. The fourth-order valence-corrected chi connectivity index (χ4v) is 3.27. The summed E-state index contributed by atoms with van der Waals surface area (Å²) < 4.78 is 4.80. The molecule has 0 atom stereocenters. The summed E-state index contributed by atoms with van der Waals surface area (Å²) in [5, 5.41) is 24.9. The van der Waals surface area contributed by atoms with Gasteiger partial charge in [-0.3, -0.25) is 18.8 Å². The zero-order chi connectivity index (χ0) is 20.7. The summed E-state index contributed by atoms with van der Waals surface area (Å²) in [7, 11) is 3.37. The first-order valence-electron chi connectivity index (χ1n) is 8.71. The van der Waals surface area contributed by atoms with Gasteiger partial charge in [-0.25, -0.2) is 4.79 Å². The van der Waals surface area contributed by atoms with E-state index < -0.39 is 11.9 Å². The molecule has 0 spiro atoms. The second kappa shape index (κ2) is 6.95. The van der Waals surface area contributed by atoms with Crippen LogP contribution in [0.25, 0.3) is 0 Å². The van der Waals surface area contributed by atoms with E-state index in [9.17, 15) is 14.7 Å². The molecule has 3 aromatic rings. The topological polar surface area (TPSA) is 120 Å². The van der Waals surface area contributed by atoms with Gasteiger partial charge in [0.1, 0.15) is 0 Å². The molecule has 0 unspecified atom stereocenters. The van der Waals surface area contributed by atoms with E-state index in [0.29, 0.717) is 17.9 Å². The van der Waals surface area contributed by atoms with Gasteiger partial charge in [-0.15, -0.1) is 0 Å². The molecule has 0 aliphatic heterocycles. The van der Waals surface area contributed by atoms with Gasteiger partial charge in [-0.2, -0.15) is 15.3 Å². The largest absolute Gasteiger partial charge is 0.477 e. The maximum Gasteiger partial charge on any atom is 0.354 e. The van der Waals surface area contributed by atoms with E-state index in [2.05, 4.69) is 20.6 Å². The van der Waals surface area contributed by atoms with Crippen LogP contribution in [0, 0.1) is 27.7 Å². The van der Waals surface area contributed by atoms with Gasteiger partial charge in [-0.05, 0) is 27.7 Å². The Morgan fingerprint density at radius 1 is 1.04 bits per heavy atom. The average Bonchev–Trinajstić information content (AvgIpc) is 3.21. The van der Waals surface area contributed by atoms with Crippen LogP contribution in [0.4, 0.5) is 5.69 Å². The van der Waals surface area contributed by atoms with E-state index in [1.165, 1.54) is 13.2 Å². The third kappa shape index (κ3) is 3.17. The highest BCUT2D eigenvalue weighted by atomic mass is 16.4. The highest BCUT2D eigenvalue weighted by Crippen LogP contribution is 2.23. The van der Waals surface area contributed by atoms with Crippen molar-refractivity contribution in [3.63, 3.8) is 0 Å². The molecule has 0 fully saturated rings. The van der Waals surface area contributed by atoms with Gasteiger partial charge in [0.05, 0.1) is 41.1 Å². The van der Waals surface area contributed by atoms with Crippen LogP contribution in [-0.2, 0) is 20.6 Å². The maximum absolute atomic E-state index is 12.7. The Bertz CT molecular complexity index is 1090. The molecule has 1 amide bonds. The average molecular weight is 385 g/mol. The first-order valence-corrected chi connectivity index (χ1v) is 8.71. The fraction of sp³-hybridized carbons (Fsp3) is 0.389. The number of aromatic nitrogens is 6. The van der Waals surface area contributed by atoms with Gasteiger partial charge in [-0.1, -0.05) is 0 Å². The molecule has 0 aromatic carbocycles. The minimum absolute atomic E-state index is 0.000461. The fourth-order valence-electron chi connectivity index (χ4n) is 3.27.